The molecule has 0 saturated heterocycles. The van der Waals surface area contributed by atoms with Gasteiger partial charge < -0.3 is 16.0 Å². The normalized spacial score (nSPS) is 11.8. The molecule has 0 saturated carbocycles. The first-order valence-electron chi connectivity index (χ1n) is 10.8. The van der Waals surface area contributed by atoms with Crippen LogP contribution in [0.5, 0.6) is 0 Å². The van der Waals surface area contributed by atoms with Crippen molar-refractivity contribution in [2.75, 3.05) is 6.54 Å². The summed E-state index contributed by atoms with van der Waals surface area (Å²) in [5.41, 5.74) is 2.83. The summed E-state index contributed by atoms with van der Waals surface area (Å²) in [5.74, 6) is -0.949. The van der Waals surface area contributed by atoms with Crippen LogP contribution in [0.3, 0.4) is 0 Å². The van der Waals surface area contributed by atoms with Crippen molar-refractivity contribution in [3.63, 3.8) is 0 Å². The van der Waals surface area contributed by atoms with Crippen molar-refractivity contribution in [3.8, 4) is 0 Å². The number of aryl methyl sites for hydroxylation is 1. The summed E-state index contributed by atoms with van der Waals surface area (Å²) < 4.78 is 0. The van der Waals surface area contributed by atoms with E-state index in [1.165, 1.54) is 6.20 Å². The zero-order valence-corrected chi connectivity index (χ0v) is 19.0. The number of carbonyl (C=O) groups excluding carboxylic acids is 3. The number of carbonyl (C=O) groups is 3. The standard InChI is InChI=1S/C25H28N5O3/c1-16(2)12-13-26-24(32)21(15-28-23(31)18-10-8-17(3)9-11-18)30-25(33)22-14-27-19-6-4-5-7-20(19)29-22/h4-11,13-14,16,21H,12,15H2,1-3H3,(H,26,32)(H,28,31)(H,30,33)/t21-/m0/s1. The zero-order valence-electron chi connectivity index (χ0n) is 19.0. The fourth-order valence-corrected chi connectivity index (χ4v) is 3.01. The topological polar surface area (TPSA) is 113 Å². The highest BCUT2D eigenvalue weighted by Gasteiger charge is 2.23. The molecule has 3 rings (SSSR count). The fraction of sp³-hybridized carbons (Fsp3) is 0.280. The average Bonchev–Trinajstić information content (AvgIpc) is 2.81. The summed E-state index contributed by atoms with van der Waals surface area (Å²) in [5, 5.41) is 8.09. The van der Waals surface area contributed by atoms with Gasteiger partial charge >= 0.3 is 0 Å². The highest BCUT2D eigenvalue weighted by molar-refractivity contribution is 5.98. The number of para-hydroxylation sites is 2. The lowest BCUT2D eigenvalue weighted by Gasteiger charge is -2.19. The summed E-state index contributed by atoms with van der Waals surface area (Å²) in [4.78, 5) is 46.6. The first-order chi connectivity index (χ1) is 15.8. The van der Waals surface area contributed by atoms with Gasteiger partial charge in [0.25, 0.3) is 11.8 Å². The average molecular weight is 447 g/mol. The summed E-state index contributed by atoms with van der Waals surface area (Å²) in [6.45, 7) is 7.57. The summed E-state index contributed by atoms with van der Waals surface area (Å²) in [6, 6.07) is 13.3. The molecule has 0 fully saturated rings. The Labute approximate surface area is 193 Å². The van der Waals surface area contributed by atoms with E-state index in [-0.39, 0.29) is 18.1 Å². The minimum Gasteiger partial charge on any atom is -0.349 e. The molecule has 0 spiro atoms. The zero-order chi connectivity index (χ0) is 23.8. The molecular formula is C25H28N5O3. The Bertz CT molecular complexity index is 1130. The molecule has 1 heterocycles. The summed E-state index contributed by atoms with van der Waals surface area (Å²) in [6.07, 6.45) is 2.04. The number of hydrogen-bond donors (Lipinski definition) is 3. The van der Waals surface area contributed by atoms with Crippen LogP contribution in [0, 0.1) is 19.4 Å². The Morgan fingerprint density at radius 2 is 1.67 bits per heavy atom. The van der Waals surface area contributed by atoms with E-state index in [1.807, 2.05) is 39.0 Å². The van der Waals surface area contributed by atoms with Gasteiger partial charge in [-0.05, 0) is 43.5 Å². The monoisotopic (exact) mass is 446 g/mol. The van der Waals surface area contributed by atoms with Gasteiger partial charge in [-0.2, -0.15) is 0 Å². The van der Waals surface area contributed by atoms with Gasteiger partial charge in [0.15, 0.2) is 0 Å². The van der Waals surface area contributed by atoms with E-state index in [2.05, 4.69) is 25.9 Å². The molecule has 171 valence electrons. The van der Waals surface area contributed by atoms with E-state index in [0.29, 0.717) is 28.9 Å². The molecule has 0 aliphatic heterocycles. The Morgan fingerprint density at radius 1 is 0.970 bits per heavy atom. The molecule has 3 N–H and O–H groups in total. The third-order valence-corrected chi connectivity index (χ3v) is 4.92. The van der Waals surface area contributed by atoms with Crippen molar-refractivity contribution in [1.82, 2.24) is 25.9 Å². The number of amides is 3. The van der Waals surface area contributed by atoms with Crippen LogP contribution in [0.25, 0.3) is 11.0 Å². The summed E-state index contributed by atoms with van der Waals surface area (Å²) in [7, 11) is 0. The molecule has 8 heteroatoms. The highest BCUT2D eigenvalue weighted by Crippen LogP contribution is 2.09. The molecular weight excluding hydrogens is 418 g/mol. The number of nitrogens with one attached hydrogen (secondary N) is 3. The molecule has 1 radical (unpaired) electrons. The van der Waals surface area contributed by atoms with Crippen LogP contribution in [-0.4, -0.2) is 40.3 Å². The van der Waals surface area contributed by atoms with Gasteiger partial charge in [0.2, 0.25) is 5.91 Å². The van der Waals surface area contributed by atoms with Crippen LogP contribution in [-0.2, 0) is 4.79 Å². The first kappa shape index (κ1) is 23.8. The van der Waals surface area contributed by atoms with Crippen molar-refractivity contribution >= 4 is 28.8 Å². The molecule has 8 nitrogen and oxygen atoms in total. The van der Waals surface area contributed by atoms with Crippen LogP contribution in [0.1, 0.15) is 46.7 Å². The van der Waals surface area contributed by atoms with Gasteiger partial charge in [0.05, 0.1) is 17.2 Å². The molecule has 0 unspecified atom stereocenters. The number of benzene rings is 2. The molecule has 0 aliphatic carbocycles. The van der Waals surface area contributed by atoms with E-state index >= 15 is 0 Å². The fourth-order valence-electron chi connectivity index (χ4n) is 3.01. The van der Waals surface area contributed by atoms with Crippen LogP contribution >= 0.6 is 0 Å². The second-order valence-electron chi connectivity index (χ2n) is 8.19. The third-order valence-electron chi connectivity index (χ3n) is 4.92. The van der Waals surface area contributed by atoms with E-state index in [4.69, 9.17) is 0 Å². The maximum absolute atomic E-state index is 12.8. The Kier molecular flexibility index (Phi) is 8.07. The molecule has 3 amide bonds. The Balaban J connectivity index is 1.70. The van der Waals surface area contributed by atoms with E-state index in [1.54, 1.807) is 36.9 Å². The number of nitrogens with zero attached hydrogens (tertiary/aromatic N) is 2. The second kappa shape index (κ2) is 11.2. The van der Waals surface area contributed by atoms with Crippen molar-refractivity contribution in [2.24, 2.45) is 5.92 Å². The molecule has 2 aromatic carbocycles. The van der Waals surface area contributed by atoms with E-state index in [0.717, 1.165) is 5.56 Å². The summed E-state index contributed by atoms with van der Waals surface area (Å²) >= 11 is 0. The molecule has 1 atom stereocenters. The lowest BCUT2D eigenvalue weighted by atomic mass is 10.1. The quantitative estimate of drug-likeness (QED) is 0.468. The van der Waals surface area contributed by atoms with Crippen molar-refractivity contribution < 1.29 is 14.4 Å². The maximum atomic E-state index is 12.8. The number of fused-ring (bicyclic) bond motifs is 1. The van der Waals surface area contributed by atoms with Gasteiger partial charge in [0, 0.05) is 18.7 Å². The maximum Gasteiger partial charge on any atom is 0.272 e. The number of hydrogen-bond acceptors (Lipinski definition) is 5. The smallest absolute Gasteiger partial charge is 0.272 e. The lowest BCUT2D eigenvalue weighted by Crippen LogP contribution is -2.52. The van der Waals surface area contributed by atoms with Gasteiger partial charge in [-0.1, -0.05) is 43.7 Å². The van der Waals surface area contributed by atoms with E-state index < -0.39 is 17.9 Å². The van der Waals surface area contributed by atoms with Crippen LogP contribution in [0.2, 0.25) is 0 Å². The Morgan fingerprint density at radius 3 is 2.36 bits per heavy atom. The predicted octanol–water partition coefficient (Wildman–Crippen LogP) is 2.79. The van der Waals surface area contributed by atoms with Crippen LogP contribution < -0.4 is 16.0 Å². The minimum absolute atomic E-state index is 0.0825. The molecule has 33 heavy (non-hydrogen) atoms. The minimum atomic E-state index is -0.997. The van der Waals surface area contributed by atoms with Gasteiger partial charge in [0.1, 0.15) is 11.7 Å². The number of rotatable bonds is 9. The first-order valence-corrected chi connectivity index (χ1v) is 10.8. The van der Waals surface area contributed by atoms with Gasteiger partial charge in [-0.15, -0.1) is 0 Å². The SMILES string of the molecule is Cc1ccc(C(=O)NC[C@H](NC(=O)c2cnc3ccccc3n2)C(=O)N[CH]CC(C)C)cc1. The highest BCUT2D eigenvalue weighted by atomic mass is 16.2. The number of aromatic nitrogens is 2. The third kappa shape index (κ3) is 6.83. The second-order valence-corrected chi connectivity index (χ2v) is 8.19. The lowest BCUT2D eigenvalue weighted by molar-refractivity contribution is -0.122. The molecule has 0 aliphatic rings. The molecule has 1 aromatic heterocycles. The van der Waals surface area contributed by atoms with Crippen molar-refractivity contribution in [1.29, 1.82) is 0 Å². The van der Waals surface area contributed by atoms with Crippen molar-refractivity contribution in [2.45, 2.75) is 33.2 Å². The van der Waals surface area contributed by atoms with Crippen LogP contribution in [0.4, 0.5) is 0 Å². The van der Waals surface area contributed by atoms with Crippen molar-refractivity contribution in [3.05, 3.63) is 78.1 Å². The van der Waals surface area contributed by atoms with E-state index in [9.17, 15) is 14.4 Å². The Hall–Kier alpha value is -3.81. The molecule has 0 bridgehead atoms. The van der Waals surface area contributed by atoms with Gasteiger partial charge in [-0.25, -0.2) is 4.98 Å². The van der Waals surface area contributed by atoms with Gasteiger partial charge in [-0.3, -0.25) is 19.4 Å². The predicted molar refractivity (Wildman–Crippen MR) is 126 cm³/mol. The molecule has 3 aromatic rings. The van der Waals surface area contributed by atoms with Crippen LogP contribution in [0.15, 0.2) is 54.7 Å². The largest absolute Gasteiger partial charge is 0.349 e.